The second kappa shape index (κ2) is 8.84. The molecule has 4 aromatic rings. The Morgan fingerprint density at radius 1 is 1.09 bits per heavy atom. The summed E-state index contributed by atoms with van der Waals surface area (Å²) in [5, 5.41) is 3.72. The van der Waals surface area contributed by atoms with Gasteiger partial charge in [-0.25, -0.2) is 4.98 Å². The third-order valence-electron chi connectivity index (χ3n) is 5.12. The first kappa shape index (κ1) is 20.3. The number of imidazole rings is 1. The predicted octanol–water partition coefficient (Wildman–Crippen LogP) is 4.17. The van der Waals surface area contributed by atoms with E-state index in [9.17, 15) is 4.79 Å². The minimum atomic E-state index is -0.0685. The molecule has 0 radical (unpaired) electrons. The Kier molecular flexibility index (Phi) is 5.60. The molecular weight excluding hydrogens is 426 g/mol. The fourth-order valence-electron chi connectivity index (χ4n) is 3.51. The number of carbonyl (C=O) groups is 1. The molecule has 0 aliphatic carbocycles. The van der Waals surface area contributed by atoms with Crippen LogP contribution in [0.4, 0.5) is 0 Å². The Labute approximate surface area is 189 Å². The summed E-state index contributed by atoms with van der Waals surface area (Å²) in [6.07, 6.45) is 0. The van der Waals surface area contributed by atoms with Gasteiger partial charge < -0.3 is 19.5 Å². The van der Waals surface area contributed by atoms with E-state index in [0.29, 0.717) is 12.3 Å². The molecule has 1 N–H and O–H groups in total. The number of hydrogen-bond donors (Lipinski definition) is 1. The number of benzene rings is 3. The number of para-hydroxylation sites is 2. The van der Waals surface area contributed by atoms with E-state index in [-0.39, 0.29) is 18.5 Å². The van der Waals surface area contributed by atoms with Crippen LogP contribution in [0.5, 0.6) is 17.2 Å². The van der Waals surface area contributed by atoms with Crippen LogP contribution in [0.3, 0.4) is 0 Å². The van der Waals surface area contributed by atoms with E-state index in [4.69, 9.17) is 19.2 Å². The fraction of sp³-hybridized carbons (Fsp3) is 0.167. The number of ether oxygens (including phenoxy) is 3. The van der Waals surface area contributed by atoms with Crippen molar-refractivity contribution >= 4 is 28.7 Å². The number of nitrogens with zero attached hydrogens (tertiary/aromatic N) is 2. The number of thioether (sulfide) groups is 1. The molecule has 32 heavy (non-hydrogen) atoms. The highest BCUT2D eigenvalue weighted by molar-refractivity contribution is 7.99. The molecule has 1 aliphatic rings. The van der Waals surface area contributed by atoms with Crippen LogP contribution in [0.1, 0.15) is 5.56 Å². The second-order valence-electron chi connectivity index (χ2n) is 7.17. The molecule has 0 atom stereocenters. The molecule has 1 aromatic heterocycles. The summed E-state index contributed by atoms with van der Waals surface area (Å²) in [6, 6.07) is 21.4. The standard InChI is InChI=1S/C24H21N3O4S/c1-29-18-9-7-17(8-10-18)27-20-5-3-2-4-19(20)26-24(27)32-14-23(28)25-13-16-6-11-21-22(12-16)31-15-30-21/h2-12H,13-15H2,1H3,(H,25,28). The van der Waals surface area contributed by atoms with Crippen LogP contribution in [0.15, 0.2) is 71.9 Å². The van der Waals surface area contributed by atoms with E-state index in [0.717, 1.165) is 38.9 Å². The van der Waals surface area contributed by atoms with Gasteiger partial charge in [0, 0.05) is 12.2 Å². The molecule has 1 aliphatic heterocycles. The third-order valence-corrected chi connectivity index (χ3v) is 6.06. The molecule has 0 bridgehead atoms. The van der Waals surface area contributed by atoms with E-state index in [1.165, 1.54) is 11.8 Å². The Bertz CT molecular complexity index is 1270. The summed E-state index contributed by atoms with van der Waals surface area (Å²) >= 11 is 1.40. The molecular formula is C24H21N3O4S. The Morgan fingerprint density at radius 2 is 1.91 bits per heavy atom. The molecule has 0 spiro atoms. The van der Waals surface area contributed by atoms with Crippen LogP contribution < -0.4 is 19.5 Å². The van der Waals surface area contributed by atoms with E-state index in [1.54, 1.807) is 7.11 Å². The average molecular weight is 448 g/mol. The van der Waals surface area contributed by atoms with Crippen molar-refractivity contribution in [2.75, 3.05) is 19.7 Å². The molecule has 3 aromatic carbocycles. The lowest BCUT2D eigenvalue weighted by Gasteiger charge is -2.10. The lowest BCUT2D eigenvalue weighted by molar-refractivity contribution is -0.118. The predicted molar refractivity (Wildman–Crippen MR) is 123 cm³/mol. The van der Waals surface area contributed by atoms with Crippen molar-refractivity contribution in [3.8, 4) is 22.9 Å². The van der Waals surface area contributed by atoms with Crippen LogP contribution in [-0.4, -0.2) is 35.1 Å². The minimum Gasteiger partial charge on any atom is -0.497 e. The Morgan fingerprint density at radius 3 is 2.75 bits per heavy atom. The van der Waals surface area contributed by atoms with Gasteiger partial charge in [0.2, 0.25) is 12.7 Å². The molecule has 7 nitrogen and oxygen atoms in total. The number of carbonyl (C=O) groups excluding carboxylic acids is 1. The van der Waals surface area contributed by atoms with Gasteiger partial charge in [-0.3, -0.25) is 9.36 Å². The van der Waals surface area contributed by atoms with Gasteiger partial charge in [0.25, 0.3) is 0 Å². The zero-order chi connectivity index (χ0) is 21.9. The van der Waals surface area contributed by atoms with Gasteiger partial charge in [-0.05, 0) is 54.1 Å². The smallest absolute Gasteiger partial charge is 0.231 e. The maximum absolute atomic E-state index is 12.5. The van der Waals surface area contributed by atoms with Crippen molar-refractivity contribution < 1.29 is 19.0 Å². The summed E-state index contributed by atoms with van der Waals surface area (Å²) in [7, 11) is 1.64. The van der Waals surface area contributed by atoms with Gasteiger partial charge in [0.1, 0.15) is 5.75 Å². The van der Waals surface area contributed by atoms with Crippen LogP contribution in [0.2, 0.25) is 0 Å². The summed E-state index contributed by atoms with van der Waals surface area (Å²) in [5.74, 6) is 2.41. The maximum Gasteiger partial charge on any atom is 0.231 e. The van der Waals surface area contributed by atoms with Crippen molar-refractivity contribution in [2.24, 2.45) is 0 Å². The van der Waals surface area contributed by atoms with Gasteiger partial charge in [0.15, 0.2) is 16.7 Å². The van der Waals surface area contributed by atoms with Gasteiger partial charge in [-0.15, -0.1) is 0 Å². The first-order chi connectivity index (χ1) is 15.7. The topological polar surface area (TPSA) is 74.6 Å². The third kappa shape index (κ3) is 4.09. The van der Waals surface area contributed by atoms with E-state index in [1.807, 2.05) is 66.7 Å². The highest BCUT2D eigenvalue weighted by atomic mass is 32.2. The van der Waals surface area contributed by atoms with E-state index in [2.05, 4.69) is 9.88 Å². The number of amides is 1. The minimum absolute atomic E-state index is 0.0685. The van der Waals surface area contributed by atoms with Gasteiger partial charge in [-0.2, -0.15) is 0 Å². The van der Waals surface area contributed by atoms with Crippen molar-refractivity contribution in [1.82, 2.24) is 14.9 Å². The lowest BCUT2D eigenvalue weighted by Crippen LogP contribution is -2.24. The summed E-state index contributed by atoms with van der Waals surface area (Å²) in [5.41, 5.74) is 3.79. The molecule has 162 valence electrons. The fourth-order valence-corrected chi connectivity index (χ4v) is 4.37. The van der Waals surface area contributed by atoms with Crippen LogP contribution in [0, 0.1) is 0 Å². The quantitative estimate of drug-likeness (QED) is 0.429. The highest BCUT2D eigenvalue weighted by Gasteiger charge is 2.16. The zero-order valence-electron chi connectivity index (χ0n) is 17.4. The van der Waals surface area contributed by atoms with Crippen LogP contribution >= 0.6 is 11.8 Å². The van der Waals surface area contributed by atoms with Crippen molar-refractivity contribution in [1.29, 1.82) is 0 Å². The van der Waals surface area contributed by atoms with E-state index < -0.39 is 0 Å². The Hall–Kier alpha value is -3.65. The molecule has 2 heterocycles. The molecule has 0 saturated heterocycles. The summed E-state index contributed by atoms with van der Waals surface area (Å²) in [4.78, 5) is 17.3. The SMILES string of the molecule is COc1ccc(-n2c(SCC(=O)NCc3ccc4c(c3)OCO4)nc3ccccc32)cc1. The van der Waals surface area contributed by atoms with Crippen LogP contribution in [0.25, 0.3) is 16.7 Å². The highest BCUT2D eigenvalue weighted by Crippen LogP contribution is 2.32. The molecule has 0 fully saturated rings. The van der Waals surface area contributed by atoms with Crippen molar-refractivity contribution in [3.05, 3.63) is 72.3 Å². The first-order valence-electron chi connectivity index (χ1n) is 10.1. The summed E-state index contributed by atoms with van der Waals surface area (Å²) < 4.78 is 18.0. The molecule has 0 saturated carbocycles. The second-order valence-corrected chi connectivity index (χ2v) is 8.11. The number of nitrogens with one attached hydrogen (secondary N) is 1. The molecule has 0 unspecified atom stereocenters. The van der Waals surface area contributed by atoms with E-state index >= 15 is 0 Å². The first-order valence-corrected chi connectivity index (χ1v) is 11.1. The van der Waals surface area contributed by atoms with Gasteiger partial charge in [0.05, 0.1) is 23.9 Å². The molecule has 1 amide bonds. The summed E-state index contributed by atoms with van der Waals surface area (Å²) in [6.45, 7) is 0.655. The Balaban J connectivity index is 1.30. The van der Waals surface area contributed by atoms with Crippen LogP contribution in [-0.2, 0) is 11.3 Å². The lowest BCUT2D eigenvalue weighted by atomic mass is 10.2. The molecule has 8 heteroatoms. The number of fused-ring (bicyclic) bond motifs is 2. The maximum atomic E-state index is 12.5. The average Bonchev–Trinajstić information content (AvgIpc) is 3.45. The monoisotopic (exact) mass is 447 g/mol. The van der Waals surface area contributed by atoms with Gasteiger partial charge in [-0.1, -0.05) is 30.0 Å². The number of rotatable bonds is 7. The zero-order valence-corrected chi connectivity index (χ0v) is 18.2. The number of aromatic nitrogens is 2. The number of hydrogen-bond acceptors (Lipinski definition) is 6. The largest absolute Gasteiger partial charge is 0.497 e. The van der Waals surface area contributed by atoms with Crippen molar-refractivity contribution in [3.63, 3.8) is 0 Å². The van der Waals surface area contributed by atoms with Crippen molar-refractivity contribution in [2.45, 2.75) is 11.7 Å². The van der Waals surface area contributed by atoms with Gasteiger partial charge >= 0.3 is 0 Å². The molecule has 5 rings (SSSR count). The number of methoxy groups -OCH3 is 1. The normalized spacial score (nSPS) is 12.2.